The maximum atomic E-state index is 7.05. The van der Waals surface area contributed by atoms with E-state index in [9.17, 15) is 0 Å². The lowest BCUT2D eigenvalue weighted by Gasteiger charge is -2.14. The molecule has 0 aliphatic carbocycles. The summed E-state index contributed by atoms with van der Waals surface area (Å²) in [5, 5.41) is 7.05. The first-order chi connectivity index (χ1) is 5.70. The zero-order valence-electron chi connectivity index (χ0n) is 7.90. The molecule has 0 rings (SSSR count). The molecular weight excluding hydrogens is 218 g/mol. The summed E-state index contributed by atoms with van der Waals surface area (Å²) in [6, 6.07) is 0. The fourth-order valence-corrected chi connectivity index (χ4v) is 1.45. The van der Waals surface area contributed by atoms with Gasteiger partial charge in [0.2, 0.25) is 0 Å². The average Bonchev–Trinajstić information content (AvgIpc) is 2.01. The zero-order valence-corrected chi connectivity index (χ0v) is 9.49. The zero-order chi connectivity index (χ0) is 9.40. The number of hydrogen-bond acceptors (Lipinski definition) is 2. The van der Waals surface area contributed by atoms with Crippen LogP contribution in [0.5, 0.6) is 0 Å². The van der Waals surface area contributed by atoms with Gasteiger partial charge in [0.15, 0.2) is 0 Å². The second-order valence-electron chi connectivity index (χ2n) is 3.03. The van der Waals surface area contributed by atoms with Gasteiger partial charge >= 0.3 is 0 Å². The standard InChI is InChI=1S/C9H18BrNO/c1-3-5-8(6-4-2)7-12-9(10)11/h8,11H,3-7H2,1-2H3. The van der Waals surface area contributed by atoms with E-state index in [0.29, 0.717) is 12.5 Å². The molecule has 0 amide bonds. The molecule has 3 heteroatoms. The largest absolute Gasteiger partial charge is 0.473 e. The average molecular weight is 236 g/mol. The Bertz CT molecular complexity index is 122. The minimum absolute atomic E-state index is 0.153. The van der Waals surface area contributed by atoms with E-state index in [4.69, 9.17) is 10.1 Å². The molecular formula is C9H18BrNO. The molecule has 2 nitrogen and oxygen atoms in total. The van der Waals surface area contributed by atoms with Crippen molar-refractivity contribution in [1.82, 2.24) is 0 Å². The Labute approximate surface area is 83.3 Å². The third kappa shape index (κ3) is 6.65. The normalized spacial score (nSPS) is 10.3. The topological polar surface area (TPSA) is 33.1 Å². The molecule has 0 fully saturated rings. The van der Waals surface area contributed by atoms with Crippen LogP contribution in [-0.2, 0) is 4.74 Å². The van der Waals surface area contributed by atoms with Gasteiger partial charge < -0.3 is 4.74 Å². The molecule has 0 aromatic heterocycles. The first-order valence-corrected chi connectivity index (χ1v) is 5.36. The van der Waals surface area contributed by atoms with Gasteiger partial charge in [0.1, 0.15) is 0 Å². The van der Waals surface area contributed by atoms with Crippen LogP contribution < -0.4 is 0 Å². The van der Waals surface area contributed by atoms with Crippen molar-refractivity contribution < 1.29 is 4.74 Å². The summed E-state index contributed by atoms with van der Waals surface area (Å²) in [6.45, 7) is 5.05. The lowest BCUT2D eigenvalue weighted by atomic mass is 10.00. The Morgan fingerprint density at radius 2 is 1.83 bits per heavy atom. The highest BCUT2D eigenvalue weighted by atomic mass is 79.9. The van der Waals surface area contributed by atoms with Gasteiger partial charge in [0.25, 0.3) is 4.81 Å². The first kappa shape index (κ1) is 11.9. The Morgan fingerprint density at radius 3 is 2.17 bits per heavy atom. The maximum Gasteiger partial charge on any atom is 0.251 e. The lowest BCUT2D eigenvalue weighted by Crippen LogP contribution is -2.10. The van der Waals surface area contributed by atoms with Gasteiger partial charge in [0, 0.05) is 15.9 Å². The minimum atomic E-state index is 0.153. The van der Waals surface area contributed by atoms with Crippen molar-refractivity contribution in [3.63, 3.8) is 0 Å². The van der Waals surface area contributed by atoms with Crippen molar-refractivity contribution in [3.05, 3.63) is 0 Å². The van der Waals surface area contributed by atoms with Gasteiger partial charge in [-0.25, -0.2) is 0 Å². The maximum absolute atomic E-state index is 7.05. The number of halogens is 1. The van der Waals surface area contributed by atoms with Crippen LogP contribution in [0.25, 0.3) is 0 Å². The van der Waals surface area contributed by atoms with Crippen LogP contribution in [-0.4, -0.2) is 11.4 Å². The number of rotatable bonds is 6. The van der Waals surface area contributed by atoms with E-state index in [1.165, 1.54) is 25.7 Å². The Kier molecular flexibility index (Phi) is 7.56. The SMILES string of the molecule is CCCC(CCC)COC(=N)Br. The molecule has 0 saturated heterocycles. The van der Waals surface area contributed by atoms with Gasteiger partial charge in [-0.2, -0.15) is 0 Å². The van der Waals surface area contributed by atoms with Crippen LogP contribution in [0.1, 0.15) is 39.5 Å². The van der Waals surface area contributed by atoms with Crippen molar-refractivity contribution in [2.75, 3.05) is 6.61 Å². The highest BCUT2D eigenvalue weighted by Crippen LogP contribution is 2.14. The number of ether oxygens (including phenoxy) is 1. The Balaban J connectivity index is 3.54. The summed E-state index contributed by atoms with van der Waals surface area (Å²) in [7, 11) is 0. The van der Waals surface area contributed by atoms with Crippen LogP contribution in [0.3, 0.4) is 0 Å². The summed E-state index contributed by atoms with van der Waals surface area (Å²) < 4.78 is 5.11. The molecule has 1 N–H and O–H groups in total. The van der Waals surface area contributed by atoms with Crippen molar-refractivity contribution in [2.45, 2.75) is 39.5 Å². The Hall–Kier alpha value is -0.0500. The van der Waals surface area contributed by atoms with Gasteiger partial charge in [-0.3, -0.25) is 5.41 Å². The van der Waals surface area contributed by atoms with E-state index in [-0.39, 0.29) is 4.81 Å². The van der Waals surface area contributed by atoms with E-state index in [1.54, 1.807) is 0 Å². The smallest absolute Gasteiger partial charge is 0.251 e. The van der Waals surface area contributed by atoms with E-state index in [1.807, 2.05) is 0 Å². The molecule has 0 unspecified atom stereocenters. The van der Waals surface area contributed by atoms with Gasteiger partial charge in [0.05, 0.1) is 6.61 Å². The van der Waals surface area contributed by atoms with Crippen LogP contribution in [0.2, 0.25) is 0 Å². The molecule has 0 saturated carbocycles. The molecule has 0 aliphatic rings. The van der Waals surface area contributed by atoms with E-state index in [0.717, 1.165) is 0 Å². The van der Waals surface area contributed by atoms with Crippen LogP contribution in [0.4, 0.5) is 0 Å². The molecule has 0 heterocycles. The quantitative estimate of drug-likeness (QED) is 0.555. The molecule has 0 aliphatic heterocycles. The lowest BCUT2D eigenvalue weighted by molar-refractivity contribution is 0.224. The summed E-state index contributed by atoms with van der Waals surface area (Å²) >= 11 is 2.97. The van der Waals surface area contributed by atoms with E-state index >= 15 is 0 Å². The third-order valence-corrected chi connectivity index (χ3v) is 2.07. The molecule has 0 bridgehead atoms. The molecule has 0 aromatic carbocycles. The van der Waals surface area contributed by atoms with Crippen LogP contribution in [0, 0.1) is 11.3 Å². The monoisotopic (exact) mass is 235 g/mol. The van der Waals surface area contributed by atoms with Crippen molar-refractivity contribution in [3.8, 4) is 0 Å². The highest BCUT2D eigenvalue weighted by molar-refractivity contribution is 9.18. The molecule has 0 radical (unpaired) electrons. The molecule has 0 spiro atoms. The van der Waals surface area contributed by atoms with Gasteiger partial charge in [-0.05, 0) is 18.8 Å². The van der Waals surface area contributed by atoms with Crippen LogP contribution >= 0.6 is 15.9 Å². The molecule has 12 heavy (non-hydrogen) atoms. The summed E-state index contributed by atoms with van der Waals surface area (Å²) in [6.07, 6.45) is 4.80. The number of nitrogens with one attached hydrogen (secondary N) is 1. The number of hydrogen-bond donors (Lipinski definition) is 1. The summed E-state index contributed by atoms with van der Waals surface area (Å²) in [4.78, 5) is 0.153. The van der Waals surface area contributed by atoms with E-state index < -0.39 is 0 Å². The fourth-order valence-electron chi connectivity index (χ4n) is 1.32. The van der Waals surface area contributed by atoms with Crippen molar-refractivity contribution in [2.24, 2.45) is 5.92 Å². The van der Waals surface area contributed by atoms with Gasteiger partial charge in [-0.15, -0.1) is 0 Å². The van der Waals surface area contributed by atoms with Crippen molar-refractivity contribution in [1.29, 1.82) is 5.41 Å². The first-order valence-electron chi connectivity index (χ1n) is 4.57. The molecule has 72 valence electrons. The second-order valence-corrected chi connectivity index (χ2v) is 3.75. The fraction of sp³-hybridized carbons (Fsp3) is 0.889. The molecule has 0 aromatic rings. The molecule has 0 atom stereocenters. The van der Waals surface area contributed by atoms with Crippen LogP contribution in [0.15, 0.2) is 0 Å². The van der Waals surface area contributed by atoms with Crippen molar-refractivity contribution >= 4 is 20.7 Å². The predicted octanol–water partition coefficient (Wildman–Crippen LogP) is 3.55. The van der Waals surface area contributed by atoms with E-state index in [2.05, 4.69) is 29.8 Å². The van der Waals surface area contributed by atoms with Gasteiger partial charge in [-0.1, -0.05) is 26.7 Å². The highest BCUT2D eigenvalue weighted by Gasteiger charge is 2.07. The Morgan fingerprint density at radius 1 is 1.33 bits per heavy atom. The minimum Gasteiger partial charge on any atom is -0.473 e. The predicted molar refractivity (Wildman–Crippen MR) is 55.9 cm³/mol. The summed E-state index contributed by atoms with van der Waals surface area (Å²) in [5.74, 6) is 0.623. The third-order valence-electron chi connectivity index (χ3n) is 1.84. The second kappa shape index (κ2) is 7.59. The summed E-state index contributed by atoms with van der Waals surface area (Å²) in [5.41, 5.74) is 0.